The summed E-state index contributed by atoms with van der Waals surface area (Å²) in [5.41, 5.74) is 2.73. The molecular formula is C14H14N4O2. The van der Waals surface area contributed by atoms with Gasteiger partial charge in [-0.05, 0) is 24.6 Å². The topological polar surface area (TPSA) is 72.9 Å². The van der Waals surface area contributed by atoms with E-state index in [-0.39, 0.29) is 5.56 Å². The summed E-state index contributed by atoms with van der Waals surface area (Å²) < 4.78 is 3.69. The molecular weight excluding hydrogens is 256 g/mol. The predicted molar refractivity (Wildman–Crippen MR) is 73.7 cm³/mol. The highest BCUT2D eigenvalue weighted by Gasteiger charge is 2.13. The number of nitrogens with zero attached hydrogens (tertiary/aromatic N) is 4. The molecule has 0 saturated carbocycles. The maximum atomic E-state index is 11.3. The first-order valence-corrected chi connectivity index (χ1v) is 6.31. The smallest absolute Gasteiger partial charge is 0.337 e. The molecule has 6 nitrogen and oxygen atoms in total. The summed E-state index contributed by atoms with van der Waals surface area (Å²) in [6, 6.07) is 5.12. The summed E-state index contributed by atoms with van der Waals surface area (Å²) in [4.78, 5) is 15.5. The Kier molecular flexibility index (Phi) is 2.98. The van der Waals surface area contributed by atoms with Gasteiger partial charge in [-0.2, -0.15) is 5.10 Å². The van der Waals surface area contributed by atoms with Crippen LogP contribution in [0.3, 0.4) is 0 Å². The van der Waals surface area contributed by atoms with Crippen LogP contribution >= 0.6 is 0 Å². The van der Waals surface area contributed by atoms with Gasteiger partial charge in [-0.15, -0.1) is 0 Å². The average molecular weight is 270 g/mol. The van der Waals surface area contributed by atoms with Gasteiger partial charge in [0.1, 0.15) is 0 Å². The predicted octanol–water partition coefficient (Wildman–Crippen LogP) is 1.94. The normalized spacial score (nSPS) is 11.1. The van der Waals surface area contributed by atoms with E-state index >= 15 is 0 Å². The second-order valence-corrected chi connectivity index (χ2v) is 4.70. The van der Waals surface area contributed by atoms with Crippen LogP contribution in [0.5, 0.6) is 0 Å². The number of carbonyl (C=O) groups is 1. The van der Waals surface area contributed by atoms with Crippen molar-refractivity contribution in [2.24, 2.45) is 0 Å². The molecule has 2 heterocycles. The van der Waals surface area contributed by atoms with Crippen LogP contribution in [0.4, 0.5) is 0 Å². The maximum absolute atomic E-state index is 11.3. The van der Waals surface area contributed by atoms with E-state index in [1.54, 1.807) is 24.7 Å². The lowest BCUT2D eigenvalue weighted by Gasteiger charge is -2.06. The lowest BCUT2D eigenvalue weighted by Crippen LogP contribution is -2.09. The SMILES string of the molecule is Cc1cnn(CCn2cnc3cccc(C(=O)O)c32)c1. The molecule has 1 N–H and O–H groups in total. The van der Waals surface area contributed by atoms with Crippen molar-refractivity contribution in [3.8, 4) is 0 Å². The van der Waals surface area contributed by atoms with E-state index in [1.807, 2.05) is 28.4 Å². The van der Waals surface area contributed by atoms with E-state index in [1.165, 1.54) is 0 Å². The van der Waals surface area contributed by atoms with Crippen LogP contribution in [0.25, 0.3) is 11.0 Å². The van der Waals surface area contributed by atoms with Gasteiger partial charge in [-0.25, -0.2) is 9.78 Å². The molecule has 0 bridgehead atoms. The Hall–Kier alpha value is -2.63. The minimum atomic E-state index is -0.938. The first kappa shape index (κ1) is 12.4. The second-order valence-electron chi connectivity index (χ2n) is 4.70. The minimum Gasteiger partial charge on any atom is -0.478 e. The maximum Gasteiger partial charge on any atom is 0.337 e. The first-order chi connectivity index (χ1) is 9.65. The number of aromatic carboxylic acids is 1. The summed E-state index contributed by atoms with van der Waals surface area (Å²) in [5, 5.41) is 13.5. The molecule has 2 aromatic heterocycles. The van der Waals surface area contributed by atoms with Crippen LogP contribution in [0.15, 0.2) is 36.9 Å². The number of aromatic nitrogens is 4. The molecule has 0 saturated heterocycles. The molecule has 3 aromatic rings. The third kappa shape index (κ3) is 2.16. The fourth-order valence-corrected chi connectivity index (χ4v) is 2.27. The van der Waals surface area contributed by atoms with Gasteiger partial charge in [0.15, 0.2) is 0 Å². The van der Waals surface area contributed by atoms with Crippen LogP contribution in [-0.4, -0.2) is 30.4 Å². The molecule has 0 fully saturated rings. The molecule has 6 heteroatoms. The lowest BCUT2D eigenvalue weighted by atomic mass is 10.2. The van der Waals surface area contributed by atoms with Crippen LogP contribution in [-0.2, 0) is 13.1 Å². The zero-order chi connectivity index (χ0) is 14.1. The Morgan fingerprint density at radius 2 is 2.20 bits per heavy atom. The molecule has 0 spiro atoms. The molecule has 102 valence electrons. The van der Waals surface area contributed by atoms with Crippen LogP contribution in [0, 0.1) is 6.92 Å². The molecule has 0 aliphatic carbocycles. The largest absolute Gasteiger partial charge is 0.478 e. The van der Waals surface area contributed by atoms with Crippen molar-refractivity contribution >= 4 is 17.0 Å². The zero-order valence-corrected chi connectivity index (χ0v) is 11.0. The van der Waals surface area contributed by atoms with Crippen molar-refractivity contribution in [1.29, 1.82) is 0 Å². The van der Waals surface area contributed by atoms with Gasteiger partial charge < -0.3 is 9.67 Å². The number of carboxylic acid groups (broad SMARTS) is 1. The lowest BCUT2D eigenvalue weighted by molar-refractivity contribution is 0.0698. The zero-order valence-electron chi connectivity index (χ0n) is 11.0. The fraction of sp³-hybridized carbons (Fsp3) is 0.214. The van der Waals surface area contributed by atoms with Gasteiger partial charge in [0.2, 0.25) is 0 Å². The average Bonchev–Trinajstić information content (AvgIpc) is 3.02. The van der Waals surface area contributed by atoms with Crippen LogP contribution in [0.2, 0.25) is 0 Å². The molecule has 0 radical (unpaired) electrons. The second kappa shape index (κ2) is 4.80. The molecule has 3 rings (SSSR count). The third-order valence-electron chi connectivity index (χ3n) is 3.20. The van der Waals surface area contributed by atoms with Crippen molar-refractivity contribution in [2.75, 3.05) is 0 Å². The number of aryl methyl sites for hydroxylation is 3. The van der Waals surface area contributed by atoms with E-state index in [9.17, 15) is 9.90 Å². The Morgan fingerprint density at radius 3 is 2.90 bits per heavy atom. The Bertz CT molecular complexity index is 772. The molecule has 20 heavy (non-hydrogen) atoms. The van der Waals surface area contributed by atoms with E-state index in [4.69, 9.17) is 0 Å². The summed E-state index contributed by atoms with van der Waals surface area (Å²) in [5.74, 6) is -0.938. The van der Waals surface area contributed by atoms with Gasteiger partial charge in [0, 0.05) is 12.7 Å². The number of benzene rings is 1. The van der Waals surface area contributed by atoms with E-state index < -0.39 is 5.97 Å². The first-order valence-electron chi connectivity index (χ1n) is 6.31. The van der Waals surface area contributed by atoms with Crippen molar-refractivity contribution in [3.05, 3.63) is 48.0 Å². The quantitative estimate of drug-likeness (QED) is 0.786. The summed E-state index contributed by atoms with van der Waals surface area (Å²) in [6.45, 7) is 3.29. The molecule has 0 atom stereocenters. The molecule has 1 aromatic carbocycles. The van der Waals surface area contributed by atoms with Crippen molar-refractivity contribution in [1.82, 2.24) is 19.3 Å². The van der Waals surface area contributed by atoms with Gasteiger partial charge in [-0.1, -0.05) is 6.07 Å². The number of hydrogen-bond acceptors (Lipinski definition) is 3. The summed E-state index contributed by atoms with van der Waals surface area (Å²) in [6.07, 6.45) is 5.43. The number of para-hydroxylation sites is 1. The van der Waals surface area contributed by atoms with Gasteiger partial charge in [0.25, 0.3) is 0 Å². The van der Waals surface area contributed by atoms with Crippen molar-refractivity contribution in [3.63, 3.8) is 0 Å². The molecule has 0 aliphatic heterocycles. The molecule has 0 amide bonds. The number of carboxylic acids is 1. The molecule has 0 unspecified atom stereocenters. The number of hydrogen-bond donors (Lipinski definition) is 1. The highest BCUT2D eigenvalue weighted by Crippen LogP contribution is 2.18. The summed E-state index contributed by atoms with van der Waals surface area (Å²) >= 11 is 0. The third-order valence-corrected chi connectivity index (χ3v) is 3.20. The number of rotatable bonds is 4. The summed E-state index contributed by atoms with van der Waals surface area (Å²) in [7, 11) is 0. The number of imidazole rings is 1. The monoisotopic (exact) mass is 270 g/mol. The van der Waals surface area contributed by atoms with Gasteiger partial charge >= 0.3 is 5.97 Å². The van der Waals surface area contributed by atoms with Crippen LogP contribution in [0.1, 0.15) is 15.9 Å². The van der Waals surface area contributed by atoms with Gasteiger partial charge in [0.05, 0.1) is 35.7 Å². The molecule has 0 aliphatic rings. The Morgan fingerprint density at radius 1 is 1.35 bits per heavy atom. The Labute approximate surface area is 115 Å². The standard InChI is InChI=1S/C14H14N4O2/c1-10-7-16-18(8-10)6-5-17-9-15-12-4-2-3-11(13(12)17)14(19)20/h2-4,7-9H,5-6H2,1H3,(H,19,20). The van der Waals surface area contributed by atoms with E-state index in [2.05, 4.69) is 10.1 Å². The highest BCUT2D eigenvalue weighted by atomic mass is 16.4. The minimum absolute atomic E-state index is 0.275. The van der Waals surface area contributed by atoms with Gasteiger partial charge in [-0.3, -0.25) is 4.68 Å². The highest BCUT2D eigenvalue weighted by molar-refractivity contribution is 6.01. The number of fused-ring (bicyclic) bond motifs is 1. The fourth-order valence-electron chi connectivity index (χ4n) is 2.27. The van der Waals surface area contributed by atoms with Crippen molar-refractivity contribution < 1.29 is 9.90 Å². The Balaban J connectivity index is 1.93. The van der Waals surface area contributed by atoms with E-state index in [0.717, 1.165) is 5.56 Å². The van der Waals surface area contributed by atoms with Crippen molar-refractivity contribution in [2.45, 2.75) is 20.0 Å². The van der Waals surface area contributed by atoms with E-state index in [0.29, 0.717) is 24.1 Å². The van der Waals surface area contributed by atoms with Crippen LogP contribution < -0.4 is 0 Å².